The summed E-state index contributed by atoms with van der Waals surface area (Å²) in [4.78, 5) is 35.6. The minimum absolute atomic E-state index is 0.0502. The van der Waals surface area contributed by atoms with Crippen LogP contribution in [0.1, 0.15) is 44.0 Å². The van der Waals surface area contributed by atoms with Gasteiger partial charge in [0.05, 0.1) is 4.90 Å². The molecule has 0 aliphatic heterocycles. The highest BCUT2D eigenvalue weighted by atomic mass is 32.2. The molecule has 0 aliphatic rings. The summed E-state index contributed by atoms with van der Waals surface area (Å²) in [6, 6.07) is 5.41. The zero-order valence-corrected chi connectivity index (χ0v) is 16.8. The van der Waals surface area contributed by atoms with Crippen LogP contribution in [-0.2, 0) is 19.6 Å². The van der Waals surface area contributed by atoms with E-state index in [4.69, 9.17) is 5.11 Å². The molecule has 9 heteroatoms. The first-order chi connectivity index (χ1) is 12.5. The number of benzene rings is 1. The number of carbonyl (C=O) groups excluding carboxylic acids is 2. The van der Waals surface area contributed by atoms with Gasteiger partial charge in [-0.1, -0.05) is 12.1 Å². The molecular weight excluding hydrogens is 372 g/mol. The Bertz CT molecular complexity index is 787. The fourth-order valence-corrected chi connectivity index (χ4v) is 3.67. The van der Waals surface area contributed by atoms with Crippen molar-refractivity contribution in [1.29, 1.82) is 0 Å². The van der Waals surface area contributed by atoms with Crippen molar-refractivity contribution in [3.63, 3.8) is 0 Å². The number of aliphatic carboxylic acids is 1. The molecule has 1 N–H and O–H groups in total. The molecule has 1 aromatic carbocycles. The number of rotatable bonds is 10. The monoisotopic (exact) mass is 398 g/mol. The van der Waals surface area contributed by atoms with Crippen molar-refractivity contribution in [2.45, 2.75) is 44.6 Å². The zero-order chi connectivity index (χ0) is 20.8. The van der Waals surface area contributed by atoms with Crippen molar-refractivity contribution in [2.24, 2.45) is 0 Å². The van der Waals surface area contributed by atoms with Crippen molar-refractivity contribution in [3.8, 4) is 0 Å². The number of nitrogens with zero attached hydrogens (tertiary/aromatic N) is 2. The molecule has 0 heterocycles. The van der Waals surface area contributed by atoms with Gasteiger partial charge in [-0.05, 0) is 39.3 Å². The van der Waals surface area contributed by atoms with Crippen LogP contribution in [0.15, 0.2) is 29.2 Å². The fraction of sp³-hybridized carbons (Fsp3) is 0.500. The molecule has 0 unspecified atom stereocenters. The Balaban J connectivity index is 2.69. The van der Waals surface area contributed by atoms with Crippen molar-refractivity contribution < 1.29 is 27.9 Å². The van der Waals surface area contributed by atoms with Gasteiger partial charge in [-0.2, -0.15) is 0 Å². The van der Waals surface area contributed by atoms with E-state index in [0.717, 1.165) is 4.31 Å². The summed E-state index contributed by atoms with van der Waals surface area (Å²) in [6.07, 6.45) is 0.317. The van der Waals surface area contributed by atoms with Crippen LogP contribution >= 0.6 is 0 Å². The summed E-state index contributed by atoms with van der Waals surface area (Å²) < 4.78 is 26.2. The lowest BCUT2D eigenvalue weighted by Crippen LogP contribution is -2.41. The highest BCUT2D eigenvalue weighted by Crippen LogP contribution is 2.16. The maximum absolute atomic E-state index is 12.5. The topological polar surface area (TPSA) is 112 Å². The van der Waals surface area contributed by atoms with E-state index in [-0.39, 0.29) is 48.6 Å². The highest BCUT2D eigenvalue weighted by Gasteiger charge is 2.23. The quantitative estimate of drug-likeness (QED) is 0.599. The minimum Gasteiger partial charge on any atom is -0.480 e. The standard InChI is InChI=1S/C18H26N2O6S/c1-13(2)20(12-18(23)24)17(22)6-5-11-19(4)27(25,26)16-9-7-15(8-10-16)14(3)21/h7-10,13H,5-6,11-12H2,1-4H3,(H,23,24). The first kappa shape index (κ1) is 22.8. The van der Waals surface area contributed by atoms with Crippen LogP contribution in [-0.4, -0.2) is 66.6 Å². The number of Topliss-reactive ketones (excluding diaryl/α,β-unsaturated/α-hetero) is 1. The summed E-state index contributed by atoms with van der Waals surface area (Å²) in [5.74, 6) is -1.57. The maximum atomic E-state index is 12.5. The van der Waals surface area contributed by atoms with E-state index >= 15 is 0 Å². The number of ketones is 1. The normalized spacial score (nSPS) is 11.6. The van der Waals surface area contributed by atoms with Gasteiger partial charge in [-0.3, -0.25) is 14.4 Å². The van der Waals surface area contributed by atoms with Gasteiger partial charge in [0.1, 0.15) is 6.54 Å². The molecule has 0 radical (unpaired) electrons. The Morgan fingerprint density at radius 1 is 1.11 bits per heavy atom. The minimum atomic E-state index is -3.73. The van der Waals surface area contributed by atoms with Gasteiger partial charge in [-0.25, -0.2) is 12.7 Å². The molecule has 0 fully saturated rings. The Kier molecular flexibility index (Phi) is 8.11. The predicted octanol–water partition coefficient (Wildman–Crippen LogP) is 1.61. The SMILES string of the molecule is CC(=O)c1ccc(S(=O)(=O)N(C)CCCC(=O)N(CC(=O)O)C(C)C)cc1. The third kappa shape index (κ3) is 6.44. The lowest BCUT2D eigenvalue weighted by Gasteiger charge is -2.25. The van der Waals surface area contributed by atoms with Crippen LogP contribution in [0.4, 0.5) is 0 Å². The lowest BCUT2D eigenvalue weighted by atomic mass is 10.2. The number of carboxylic acid groups (broad SMARTS) is 1. The van der Waals surface area contributed by atoms with Gasteiger partial charge in [0, 0.05) is 31.6 Å². The Morgan fingerprint density at radius 2 is 1.67 bits per heavy atom. The average molecular weight is 398 g/mol. The molecule has 1 aromatic rings. The van der Waals surface area contributed by atoms with Crippen molar-refractivity contribution in [1.82, 2.24) is 9.21 Å². The van der Waals surface area contributed by atoms with E-state index in [0.29, 0.717) is 5.56 Å². The second kappa shape index (κ2) is 9.61. The second-order valence-corrected chi connectivity index (χ2v) is 8.56. The van der Waals surface area contributed by atoms with Crippen LogP contribution in [0.25, 0.3) is 0 Å². The van der Waals surface area contributed by atoms with E-state index in [1.807, 2.05) is 0 Å². The highest BCUT2D eigenvalue weighted by molar-refractivity contribution is 7.89. The van der Waals surface area contributed by atoms with E-state index in [1.165, 1.54) is 43.1 Å². The summed E-state index contributed by atoms with van der Waals surface area (Å²) in [5.41, 5.74) is 0.425. The fourth-order valence-electron chi connectivity index (χ4n) is 2.46. The molecule has 27 heavy (non-hydrogen) atoms. The van der Waals surface area contributed by atoms with Gasteiger partial charge in [0.15, 0.2) is 5.78 Å². The summed E-state index contributed by atoms with van der Waals surface area (Å²) in [7, 11) is -2.32. The molecule has 1 rings (SSSR count). The number of carbonyl (C=O) groups is 3. The largest absolute Gasteiger partial charge is 0.480 e. The number of hydrogen-bond donors (Lipinski definition) is 1. The number of sulfonamides is 1. The summed E-state index contributed by atoms with van der Waals surface area (Å²) in [5, 5.41) is 8.88. The van der Waals surface area contributed by atoms with Crippen LogP contribution in [0.3, 0.4) is 0 Å². The van der Waals surface area contributed by atoms with Crippen LogP contribution in [0.2, 0.25) is 0 Å². The van der Waals surface area contributed by atoms with Gasteiger partial charge in [0.25, 0.3) is 0 Å². The number of carboxylic acids is 1. The van der Waals surface area contributed by atoms with E-state index in [9.17, 15) is 22.8 Å². The maximum Gasteiger partial charge on any atom is 0.323 e. The van der Waals surface area contributed by atoms with Gasteiger partial charge < -0.3 is 10.0 Å². The van der Waals surface area contributed by atoms with E-state index in [1.54, 1.807) is 13.8 Å². The van der Waals surface area contributed by atoms with Gasteiger partial charge >= 0.3 is 5.97 Å². The predicted molar refractivity (Wildman–Crippen MR) is 100.0 cm³/mol. The third-order valence-electron chi connectivity index (χ3n) is 4.08. The van der Waals surface area contributed by atoms with Crippen molar-refractivity contribution in [3.05, 3.63) is 29.8 Å². The average Bonchev–Trinajstić information content (AvgIpc) is 2.58. The van der Waals surface area contributed by atoms with E-state index < -0.39 is 16.0 Å². The summed E-state index contributed by atoms with van der Waals surface area (Å²) in [6.45, 7) is 4.58. The van der Waals surface area contributed by atoms with Crippen LogP contribution in [0, 0.1) is 0 Å². The second-order valence-electron chi connectivity index (χ2n) is 6.52. The smallest absolute Gasteiger partial charge is 0.323 e. The molecular formula is C18H26N2O6S. The molecule has 0 saturated carbocycles. The number of hydrogen-bond acceptors (Lipinski definition) is 5. The van der Waals surface area contributed by atoms with Crippen LogP contribution < -0.4 is 0 Å². The zero-order valence-electron chi connectivity index (χ0n) is 16.0. The van der Waals surface area contributed by atoms with Crippen LogP contribution in [0.5, 0.6) is 0 Å². The molecule has 8 nitrogen and oxygen atoms in total. The molecule has 0 atom stereocenters. The Hall–Kier alpha value is -2.26. The molecule has 150 valence electrons. The lowest BCUT2D eigenvalue weighted by molar-refractivity contribution is -0.145. The van der Waals surface area contributed by atoms with Crippen molar-refractivity contribution >= 4 is 27.7 Å². The van der Waals surface area contributed by atoms with Gasteiger partial charge in [-0.15, -0.1) is 0 Å². The molecule has 1 amide bonds. The Morgan fingerprint density at radius 3 is 2.11 bits per heavy atom. The molecule has 0 saturated heterocycles. The molecule has 0 aliphatic carbocycles. The summed E-state index contributed by atoms with van der Waals surface area (Å²) >= 11 is 0. The molecule has 0 aromatic heterocycles. The first-order valence-electron chi connectivity index (χ1n) is 8.55. The van der Waals surface area contributed by atoms with E-state index in [2.05, 4.69) is 0 Å². The molecule has 0 spiro atoms. The van der Waals surface area contributed by atoms with Gasteiger partial charge in [0.2, 0.25) is 15.9 Å². The first-order valence-corrected chi connectivity index (χ1v) is 9.99. The number of amides is 1. The third-order valence-corrected chi connectivity index (χ3v) is 5.95. The Labute approximate surface area is 159 Å². The van der Waals surface area contributed by atoms with Crippen molar-refractivity contribution in [2.75, 3.05) is 20.1 Å². The molecule has 0 bridgehead atoms.